The Balaban J connectivity index is 2.18. The van der Waals surface area contributed by atoms with Gasteiger partial charge in [0.15, 0.2) is 6.61 Å². The third-order valence-electron chi connectivity index (χ3n) is 3.16. The summed E-state index contributed by atoms with van der Waals surface area (Å²) in [6.45, 7) is -0.458. The van der Waals surface area contributed by atoms with Gasteiger partial charge in [0.1, 0.15) is 17.4 Å². The van der Waals surface area contributed by atoms with Gasteiger partial charge >= 0.3 is 5.97 Å². The molecule has 0 atom stereocenters. The molecule has 9 heteroatoms. The number of aliphatic carboxylic acids is 1. The van der Waals surface area contributed by atoms with Gasteiger partial charge in [-0.15, -0.1) is 0 Å². The van der Waals surface area contributed by atoms with Crippen molar-refractivity contribution in [3.63, 3.8) is 0 Å². The molecule has 0 bridgehead atoms. The average molecular weight is 517 g/mol. The lowest BCUT2D eigenvalue weighted by Gasteiger charge is -2.07. The number of nitrogens with one attached hydrogen (secondary N) is 1. The van der Waals surface area contributed by atoms with Gasteiger partial charge in [-0.1, -0.05) is 29.3 Å². The Labute approximate surface area is 178 Å². The lowest BCUT2D eigenvalue weighted by Crippen LogP contribution is -2.13. The van der Waals surface area contributed by atoms with Gasteiger partial charge in [-0.3, -0.25) is 4.79 Å². The zero-order chi connectivity index (χ0) is 20.0. The number of nitriles is 1. The fourth-order valence-electron chi connectivity index (χ4n) is 1.95. The Morgan fingerprint density at radius 2 is 1.96 bits per heavy atom. The summed E-state index contributed by atoms with van der Waals surface area (Å²) >= 11 is 13.7. The number of hydrogen-bond acceptors (Lipinski definition) is 4. The standard InChI is InChI=1S/C18H11Cl2IN2O4/c19-13-3-2-12(7-14(13)20)23-18(26)11(8-22)5-10-1-4-16(15(21)6-10)27-9-17(24)25/h1-7H,9H2,(H,23,26)(H,24,25)/b11-5+. The van der Waals surface area contributed by atoms with Crippen LogP contribution < -0.4 is 10.1 Å². The van der Waals surface area contributed by atoms with Crippen molar-refractivity contribution in [1.82, 2.24) is 0 Å². The maximum atomic E-state index is 12.3. The first-order chi connectivity index (χ1) is 12.8. The summed E-state index contributed by atoms with van der Waals surface area (Å²) in [6, 6.07) is 11.3. The first kappa shape index (κ1) is 21.0. The van der Waals surface area contributed by atoms with Crippen LogP contribution in [0.4, 0.5) is 5.69 Å². The van der Waals surface area contributed by atoms with Crippen LogP contribution in [0.3, 0.4) is 0 Å². The van der Waals surface area contributed by atoms with Gasteiger partial charge in [-0.25, -0.2) is 4.79 Å². The maximum Gasteiger partial charge on any atom is 0.341 e. The number of carbonyl (C=O) groups excluding carboxylic acids is 1. The largest absolute Gasteiger partial charge is 0.481 e. The number of rotatable bonds is 6. The molecule has 0 spiro atoms. The van der Waals surface area contributed by atoms with E-state index >= 15 is 0 Å². The fraction of sp³-hybridized carbons (Fsp3) is 0.0556. The van der Waals surface area contributed by atoms with Crippen LogP contribution in [0.5, 0.6) is 5.75 Å². The van der Waals surface area contributed by atoms with Crippen molar-refractivity contribution >= 4 is 69.4 Å². The monoisotopic (exact) mass is 516 g/mol. The van der Waals surface area contributed by atoms with Gasteiger partial charge < -0.3 is 15.2 Å². The molecule has 0 radical (unpaired) electrons. The van der Waals surface area contributed by atoms with Crippen LogP contribution in [0.1, 0.15) is 5.56 Å². The van der Waals surface area contributed by atoms with E-state index in [0.717, 1.165) is 0 Å². The highest BCUT2D eigenvalue weighted by Gasteiger charge is 2.11. The van der Waals surface area contributed by atoms with Crippen molar-refractivity contribution in [3.05, 3.63) is 61.2 Å². The van der Waals surface area contributed by atoms with E-state index in [1.165, 1.54) is 18.2 Å². The quantitative estimate of drug-likeness (QED) is 0.332. The highest BCUT2D eigenvalue weighted by molar-refractivity contribution is 14.1. The normalized spacial score (nSPS) is 10.8. The number of carboxylic acid groups (broad SMARTS) is 1. The van der Waals surface area contributed by atoms with E-state index in [1.807, 2.05) is 28.7 Å². The van der Waals surface area contributed by atoms with Crippen LogP contribution in [0.2, 0.25) is 10.0 Å². The molecule has 0 fully saturated rings. The minimum Gasteiger partial charge on any atom is -0.481 e. The predicted molar refractivity (Wildman–Crippen MR) is 111 cm³/mol. The Morgan fingerprint density at radius 3 is 2.56 bits per heavy atom. The molecule has 0 aromatic heterocycles. The minimum absolute atomic E-state index is 0.115. The molecular weight excluding hydrogens is 506 g/mol. The number of nitrogens with zero attached hydrogens (tertiary/aromatic N) is 1. The van der Waals surface area contributed by atoms with E-state index in [4.69, 9.17) is 33.0 Å². The number of carbonyl (C=O) groups is 2. The third kappa shape index (κ3) is 6.13. The van der Waals surface area contributed by atoms with Crippen molar-refractivity contribution in [2.45, 2.75) is 0 Å². The second-order valence-corrected chi connectivity index (χ2v) is 7.10. The van der Waals surface area contributed by atoms with Crippen LogP contribution in [-0.4, -0.2) is 23.6 Å². The van der Waals surface area contributed by atoms with Gasteiger partial charge in [-0.2, -0.15) is 5.26 Å². The van der Waals surface area contributed by atoms with Crippen LogP contribution in [0.15, 0.2) is 42.0 Å². The number of benzene rings is 2. The number of hydrogen-bond donors (Lipinski definition) is 2. The maximum absolute atomic E-state index is 12.3. The van der Waals surface area contributed by atoms with Crippen LogP contribution in [0.25, 0.3) is 6.08 Å². The third-order valence-corrected chi connectivity index (χ3v) is 4.74. The zero-order valence-electron chi connectivity index (χ0n) is 13.5. The minimum atomic E-state index is -1.08. The highest BCUT2D eigenvalue weighted by Crippen LogP contribution is 2.26. The van der Waals surface area contributed by atoms with E-state index in [2.05, 4.69) is 5.32 Å². The zero-order valence-corrected chi connectivity index (χ0v) is 17.2. The number of amides is 1. The first-order valence-corrected chi connectivity index (χ1v) is 9.16. The molecule has 2 aromatic carbocycles. The molecule has 0 aliphatic rings. The Bertz CT molecular complexity index is 970. The van der Waals surface area contributed by atoms with Gasteiger partial charge in [-0.05, 0) is 64.6 Å². The summed E-state index contributed by atoms with van der Waals surface area (Å²) in [5, 5.41) is 21.1. The molecule has 6 nitrogen and oxygen atoms in total. The Morgan fingerprint density at radius 1 is 1.22 bits per heavy atom. The summed E-state index contributed by atoms with van der Waals surface area (Å²) in [7, 11) is 0. The molecule has 2 rings (SSSR count). The topological polar surface area (TPSA) is 99.4 Å². The number of halogens is 3. The molecule has 0 aliphatic carbocycles. The van der Waals surface area contributed by atoms with Crippen molar-refractivity contribution in [2.24, 2.45) is 0 Å². The summed E-state index contributed by atoms with van der Waals surface area (Å²) in [4.78, 5) is 22.9. The average Bonchev–Trinajstić information content (AvgIpc) is 2.61. The van der Waals surface area contributed by atoms with E-state index in [0.29, 0.717) is 25.6 Å². The molecule has 27 heavy (non-hydrogen) atoms. The van der Waals surface area contributed by atoms with Crippen molar-refractivity contribution < 1.29 is 19.4 Å². The SMILES string of the molecule is N#C/C(=C\c1ccc(OCC(=O)O)c(I)c1)C(=O)Nc1ccc(Cl)c(Cl)c1. The summed E-state index contributed by atoms with van der Waals surface area (Å²) < 4.78 is 5.78. The molecule has 2 aromatic rings. The molecule has 138 valence electrons. The van der Waals surface area contributed by atoms with Crippen molar-refractivity contribution in [3.8, 4) is 11.8 Å². The number of carboxylic acids is 1. The molecule has 0 saturated carbocycles. The number of anilines is 1. The van der Waals surface area contributed by atoms with Gasteiger partial charge in [0, 0.05) is 5.69 Å². The molecule has 2 N–H and O–H groups in total. The Hall–Kier alpha value is -2.28. The second-order valence-electron chi connectivity index (χ2n) is 5.13. The predicted octanol–water partition coefficient (Wildman–Crippen LogP) is 4.61. The van der Waals surface area contributed by atoms with E-state index in [1.54, 1.807) is 24.3 Å². The smallest absolute Gasteiger partial charge is 0.341 e. The van der Waals surface area contributed by atoms with Crippen molar-refractivity contribution in [2.75, 3.05) is 11.9 Å². The van der Waals surface area contributed by atoms with E-state index in [9.17, 15) is 14.9 Å². The fourth-order valence-corrected chi connectivity index (χ4v) is 2.94. The lowest BCUT2D eigenvalue weighted by atomic mass is 10.1. The summed E-state index contributed by atoms with van der Waals surface area (Å²) in [6.07, 6.45) is 1.41. The lowest BCUT2D eigenvalue weighted by molar-refractivity contribution is -0.139. The molecule has 0 saturated heterocycles. The number of ether oxygens (including phenoxy) is 1. The van der Waals surface area contributed by atoms with Crippen molar-refractivity contribution in [1.29, 1.82) is 5.26 Å². The molecular formula is C18H11Cl2IN2O4. The van der Waals surface area contributed by atoms with Crippen LogP contribution in [-0.2, 0) is 9.59 Å². The van der Waals surface area contributed by atoms with Gasteiger partial charge in [0.2, 0.25) is 0 Å². The first-order valence-electron chi connectivity index (χ1n) is 7.32. The Kier molecular flexibility index (Phi) is 7.47. The van der Waals surface area contributed by atoms with Gasteiger partial charge in [0.05, 0.1) is 13.6 Å². The molecule has 0 heterocycles. The van der Waals surface area contributed by atoms with Crippen LogP contribution in [0, 0.1) is 14.9 Å². The molecule has 0 aliphatic heterocycles. The molecule has 0 unspecified atom stereocenters. The van der Waals surface area contributed by atoms with E-state index < -0.39 is 18.5 Å². The summed E-state index contributed by atoms with van der Waals surface area (Å²) in [5.41, 5.74) is 0.876. The molecule has 1 amide bonds. The van der Waals surface area contributed by atoms with E-state index in [-0.39, 0.29) is 10.6 Å². The highest BCUT2D eigenvalue weighted by atomic mass is 127. The van der Waals surface area contributed by atoms with Crippen LogP contribution >= 0.6 is 45.8 Å². The summed E-state index contributed by atoms with van der Waals surface area (Å²) in [5.74, 6) is -1.29. The second kappa shape index (κ2) is 9.60. The van der Waals surface area contributed by atoms with Gasteiger partial charge in [0.25, 0.3) is 5.91 Å².